The number of nitrogens with zero attached hydrogens (tertiary/aromatic N) is 2. The molecular formula is C13H15ClFN3O. The molecule has 19 heavy (non-hydrogen) atoms. The molecule has 0 aliphatic heterocycles. The smallest absolute Gasteiger partial charge is 0.241 e. The lowest BCUT2D eigenvalue weighted by Gasteiger charge is -2.20. The molecule has 0 radical (unpaired) electrons. The Kier molecular flexibility index (Phi) is 6.10. The normalized spacial score (nSPS) is 9.79. The van der Waals surface area contributed by atoms with Crippen molar-refractivity contribution in [3.8, 4) is 6.07 Å². The first kappa shape index (κ1) is 15.3. The maximum atomic E-state index is 13.6. The molecule has 0 fully saturated rings. The van der Waals surface area contributed by atoms with Crippen LogP contribution in [0.4, 0.5) is 10.1 Å². The van der Waals surface area contributed by atoms with Gasteiger partial charge in [-0.25, -0.2) is 4.39 Å². The van der Waals surface area contributed by atoms with E-state index in [0.29, 0.717) is 13.1 Å². The fourth-order valence-corrected chi connectivity index (χ4v) is 1.74. The highest BCUT2D eigenvalue weighted by Crippen LogP contribution is 2.21. The quantitative estimate of drug-likeness (QED) is 0.873. The molecular weight excluding hydrogens is 269 g/mol. The number of hydrogen-bond acceptors (Lipinski definition) is 3. The Bertz CT molecular complexity index is 487. The van der Waals surface area contributed by atoms with Gasteiger partial charge in [-0.3, -0.25) is 4.79 Å². The van der Waals surface area contributed by atoms with Crippen molar-refractivity contribution >= 4 is 23.2 Å². The van der Waals surface area contributed by atoms with Gasteiger partial charge in [0.05, 0.1) is 29.7 Å². The summed E-state index contributed by atoms with van der Waals surface area (Å²) in [6.45, 7) is 2.69. The predicted octanol–water partition coefficient (Wildman–Crippen LogP) is 2.65. The van der Waals surface area contributed by atoms with Crippen LogP contribution in [-0.2, 0) is 4.79 Å². The van der Waals surface area contributed by atoms with Gasteiger partial charge in [-0.05, 0) is 19.1 Å². The number of benzene rings is 1. The van der Waals surface area contributed by atoms with Crippen molar-refractivity contribution in [2.45, 2.75) is 13.3 Å². The van der Waals surface area contributed by atoms with E-state index in [1.54, 1.807) is 11.0 Å². The third kappa shape index (κ3) is 4.42. The summed E-state index contributed by atoms with van der Waals surface area (Å²) >= 11 is 5.64. The van der Waals surface area contributed by atoms with Gasteiger partial charge in [0, 0.05) is 13.1 Å². The fraction of sp³-hybridized carbons (Fsp3) is 0.385. The van der Waals surface area contributed by atoms with Crippen molar-refractivity contribution < 1.29 is 9.18 Å². The van der Waals surface area contributed by atoms with E-state index in [0.717, 1.165) is 0 Å². The summed E-state index contributed by atoms with van der Waals surface area (Å²) in [5.74, 6) is -0.755. The molecule has 4 nitrogen and oxygen atoms in total. The van der Waals surface area contributed by atoms with Crippen LogP contribution in [0.3, 0.4) is 0 Å². The van der Waals surface area contributed by atoms with E-state index < -0.39 is 5.82 Å². The molecule has 1 rings (SSSR count). The van der Waals surface area contributed by atoms with E-state index in [4.69, 9.17) is 16.9 Å². The van der Waals surface area contributed by atoms with Gasteiger partial charge < -0.3 is 10.2 Å². The van der Waals surface area contributed by atoms with E-state index in [1.165, 1.54) is 12.1 Å². The topological polar surface area (TPSA) is 56.1 Å². The molecule has 6 heteroatoms. The van der Waals surface area contributed by atoms with Crippen LogP contribution in [0.2, 0.25) is 5.02 Å². The lowest BCUT2D eigenvalue weighted by molar-refractivity contribution is -0.129. The first-order valence-corrected chi connectivity index (χ1v) is 6.30. The second-order valence-corrected chi connectivity index (χ2v) is 4.24. The van der Waals surface area contributed by atoms with Gasteiger partial charge in [0.15, 0.2) is 5.82 Å². The molecule has 0 aromatic heterocycles. The Labute approximate surface area is 116 Å². The summed E-state index contributed by atoms with van der Waals surface area (Å²) in [6, 6.07) is 6.54. The number of anilines is 1. The Hall–Kier alpha value is -1.80. The average Bonchev–Trinajstić information content (AvgIpc) is 2.41. The van der Waals surface area contributed by atoms with Gasteiger partial charge >= 0.3 is 0 Å². The summed E-state index contributed by atoms with van der Waals surface area (Å²) in [6.07, 6.45) is 0.283. The molecule has 1 amide bonds. The number of hydrogen-bond donors (Lipinski definition) is 1. The monoisotopic (exact) mass is 283 g/mol. The number of halogens is 2. The first-order chi connectivity index (χ1) is 9.10. The summed E-state index contributed by atoms with van der Waals surface area (Å²) in [5.41, 5.74) is 0.192. The molecule has 0 atom stereocenters. The van der Waals surface area contributed by atoms with Gasteiger partial charge in [-0.1, -0.05) is 17.7 Å². The Morgan fingerprint density at radius 2 is 2.32 bits per heavy atom. The van der Waals surface area contributed by atoms with Gasteiger partial charge in [0.1, 0.15) is 0 Å². The Morgan fingerprint density at radius 1 is 1.58 bits per heavy atom. The van der Waals surface area contributed by atoms with E-state index in [2.05, 4.69) is 5.32 Å². The van der Waals surface area contributed by atoms with Crippen molar-refractivity contribution in [3.63, 3.8) is 0 Å². The van der Waals surface area contributed by atoms with E-state index >= 15 is 0 Å². The summed E-state index contributed by atoms with van der Waals surface area (Å²) in [7, 11) is 0. The molecule has 1 aromatic carbocycles. The van der Waals surface area contributed by atoms with Crippen molar-refractivity contribution in [1.82, 2.24) is 4.90 Å². The second-order valence-electron chi connectivity index (χ2n) is 3.84. The van der Waals surface area contributed by atoms with E-state index in [-0.39, 0.29) is 29.6 Å². The number of likely N-dealkylation sites (N-methyl/N-ethyl adjacent to an activating group) is 1. The minimum Gasteiger partial charge on any atom is -0.374 e. The molecule has 0 bridgehead atoms. The third-order valence-corrected chi connectivity index (χ3v) is 2.90. The predicted molar refractivity (Wildman–Crippen MR) is 72.4 cm³/mol. The van der Waals surface area contributed by atoms with Crippen LogP contribution in [0.1, 0.15) is 13.3 Å². The Balaban J connectivity index is 2.58. The molecule has 0 aliphatic rings. The number of nitrogens with one attached hydrogen (secondary N) is 1. The summed E-state index contributed by atoms with van der Waals surface area (Å²) < 4.78 is 13.6. The van der Waals surface area contributed by atoms with Gasteiger partial charge in [-0.15, -0.1) is 0 Å². The summed E-state index contributed by atoms with van der Waals surface area (Å²) in [4.78, 5) is 13.4. The van der Waals surface area contributed by atoms with Crippen molar-refractivity contribution in [2.75, 3.05) is 25.0 Å². The molecule has 0 saturated carbocycles. The van der Waals surface area contributed by atoms with Crippen LogP contribution < -0.4 is 5.32 Å². The van der Waals surface area contributed by atoms with Crippen molar-refractivity contribution in [1.29, 1.82) is 5.26 Å². The SMILES string of the molecule is CCN(CCC#N)C(=O)CNc1cccc(Cl)c1F. The number of amides is 1. The standard InChI is InChI=1S/C13H15ClFN3O/c1-2-18(8-4-7-16)12(19)9-17-11-6-3-5-10(14)13(11)15/h3,5-6,17H,2,4,8-9H2,1H3. The van der Waals surface area contributed by atoms with Gasteiger partial charge in [0.2, 0.25) is 5.91 Å². The van der Waals surface area contributed by atoms with Crippen LogP contribution in [0.5, 0.6) is 0 Å². The van der Waals surface area contributed by atoms with Crippen LogP contribution in [-0.4, -0.2) is 30.4 Å². The van der Waals surface area contributed by atoms with E-state index in [9.17, 15) is 9.18 Å². The molecule has 0 aliphatic carbocycles. The molecule has 102 valence electrons. The second kappa shape index (κ2) is 7.59. The minimum absolute atomic E-state index is 0.00859. The molecule has 0 spiro atoms. The molecule has 1 N–H and O–H groups in total. The maximum Gasteiger partial charge on any atom is 0.241 e. The largest absolute Gasteiger partial charge is 0.374 e. The van der Waals surface area contributed by atoms with Crippen LogP contribution >= 0.6 is 11.6 Å². The average molecular weight is 284 g/mol. The lowest BCUT2D eigenvalue weighted by Crippen LogP contribution is -2.36. The number of nitriles is 1. The van der Waals surface area contributed by atoms with Crippen LogP contribution in [0.25, 0.3) is 0 Å². The lowest BCUT2D eigenvalue weighted by atomic mass is 10.3. The third-order valence-electron chi connectivity index (χ3n) is 2.61. The van der Waals surface area contributed by atoms with Crippen molar-refractivity contribution in [2.24, 2.45) is 0 Å². The van der Waals surface area contributed by atoms with Crippen LogP contribution in [0, 0.1) is 17.1 Å². The highest BCUT2D eigenvalue weighted by atomic mass is 35.5. The molecule has 0 saturated heterocycles. The zero-order valence-corrected chi connectivity index (χ0v) is 11.4. The zero-order chi connectivity index (χ0) is 14.3. The number of carbonyl (C=O) groups excluding carboxylic acids is 1. The summed E-state index contributed by atoms with van der Waals surface area (Å²) in [5, 5.41) is 11.2. The van der Waals surface area contributed by atoms with Crippen molar-refractivity contribution in [3.05, 3.63) is 29.0 Å². The molecule has 0 heterocycles. The highest BCUT2D eigenvalue weighted by molar-refractivity contribution is 6.31. The maximum absolute atomic E-state index is 13.6. The first-order valence-electron chi connectivity index (χ1n) is 5.92. The molecule has 1 aromatic rings. The van der Waals surface area contributed by atoms with Crippen LogP contribution in [0.15, 0.2) is 18.2 Å². The fourth-order valence-electron chi connectivity index (χ4n) is 1.57. The molecule has 0 unspecified atom stereocenters. The number of rotatable bonds is 6. The van der Waals surface area contributed by atoms with Gasteiger partial charge in [0.25, 0.3) is 0 Å². The highest BCUT2D eigenvalue weighted by Gasteiger charge is 2.12. The zero-order valence-electron chi connectivity index (χ0n) is 10.6. The Morgan fingerprint density at radius 3 is 2.95 bits per heavy atom. The van der Waals surface area contributed by atoms with E-state index in [1.807, 2.05) is 13.0 Å². The number of carbonyl (C=O) groups is 1. The minimum atomic E-state index is -0.572. The van der Waals surface area contributed by atoms with Gasteiger partial charge in [-0.2, -0.15) is 5.26 Å².